The number of hydrogen-bond acceptors (Lipinski definition) is 3. The number of rotatable bonds is 5. The minimum atomic E-state index is -3.25. The van der Waals surface area contributed by atoms with E-state index >= 15 is 0 Å². The summed E-state index contributed by atoms with van der Waals surface area (Å²) < 4.78 is 24.1. The second-order valence-corrected chi connectivity index (χ2v) is 6.87. The molecule has 1 atom stereocenters. The van der Waals surface area contributed by atoms with Crippen LogP contribution in [0.3, 0.4) is 0 Å². The molecule has 3 nitrogen and oxygen atoms in total. The van der Waals surface area contributed by atoms with Gasteiger partial charge in [0.2, 0.25) is 0 Å². The fourth-order valence-electron chi connectivity index (χ4n) is 1.66. The van der Waals surface area contributed by atoms with Gasteiger partial charge < -0.3 is 0 Å². The van der Waals surface area contributed by atoms with Gasteiger partial charge in [0.25, 0.3) is 0 Å². The van der Waals surface area contributed by atoms with Gasteiger partial charge >= 0.3 is 0 Å². The highest BCUT2D eigenvalue weighted by Gasteiger charge is 2.23. The molecule has 0 radical (unpaired) electrons. The zero-order valence-electron chi connectivity index (χ0n) is 10.4. The summed E-state index contributed by atoms with van der Waals surface area (Å²) in [5.74, 6) is -0.0837. The highest BCUT2D eigenvalue weighted by Crippen LogP contribution is 2.16. The van der Waals surface area contributed by atoms with Crippen LogP contribution in [0.5, 0.6) is 0 Å². The summed E-state index contributed by atoms with van der Waals surface area (Å²) in [6.07, 6.45) is 0.0915. The van der Waals surface area contributed by atoms with E-state index in [4.69, 9.17) is 0 Å². The number of benzene rings is 1. The van der Waals surface area contributed by atoms with Crippen LogP contribution < -0.4 is 0 Å². The Balaban J connectivity index is 2.87. The minimum Gasteiger partial charge on any atom is -0.300 e. The van der Waals surface area contributed by atoms with Gasteiger partial charge in [0, 0.05) is 6.42 Å². The zero-order chi connectivity index (χ0) is 13.1. The first kappa shape index (κ1) is 13.9. The van der Waals surface area contributed by atoms with E-state index in [0.717, 1.165) is 11.1 Å². The fraction of sp³-hybridized carbons (Fsp3) is 0.462. The average molecular weight is 254 g/mol. The Kier molecular flexibility index (Phi) is 4.46. The van der Waals surface area contributed by atoms with Crippen LogP contribution in [0.1, 0.15) is 31.4 Å². The molecule has 0 aliphatic carbocycles. The van der Waals surface area contributed by atoms with Crippen molar-refractivity contribution in [3.63, 3.8) is 0 Å². The van der Waals surface area contributed by atoms with Crippen LogP contribution in [0.25, 0.3) is 0 Å². The molecule has 0 aliphatic rings. The SMILES string of the molecule is CC(=O)CC(C)S(=O)(=O)Cc1ccccc1C. The summed E-state index contributed by atoms with van der Waals surface area (Å²) in [4.78, 5) is 11.0. The Labute approximate surface area is 103 Å². The molecule has 4 heteroatoms. The van der Waals surface area contributed by atoms with Gasteiger partial charge in [-0.15, -0.1) is 0 Å². The van der Waals surface area contributed by atoms with E-state index in [1.54, 1.807) is 6.92 Å². The van der Waals surface area contributed by atoms with Gasteiger partial charge in [-0.2, -0.15) is 0 Å². The highest BCUT2D eigenvalue weighted by molar-refractivity contribution is 7.91. The van der Waals surface area contributed by atoms with Gasteiger partial charge in [-0.1, -0.05) is 24.3 Å². The summed E-state index contributed by atoms with van der Waals surface area (Å²) in [6, 6.07) is 7.41. The first-order chi connectivity index (χ1) is 7.83. The highest BCUT2D eigenvalue weighted by atomic mass is 32.2. The summed E-state index contributed by atoms with van der Waals surface area (Å²) in [6.45, 7) is 4.90. The van der Waals surface area contributed by atoms with Crippen molar-refractivity contribution < 1.29 is 13.2 Å². The van der Waals surface area contributed by atoms with Gasteiger partial charge in [-0.3, -0.25) is 4.79 Å². The monoisotopic (exact) mass is 254 g/mol. The first-order valence-corrected chi connectivity index (χ1v) is 7.30. The summed E-state index contributed by atoms with van der Waals surface area (Å²) in [5.41, 5.74) is 1.77. The molecule has 0 saturated heterocycles. The third-order valence-corrected chi connectivity index (χ3v) is 4.91. The maximum absolute atomic E-state index is 12.0. The topological polar surface area (TPSA) is 51.2 Å². The van der Waals surface area contributed by atoms with E-state index in [2.05, 4.69) is 0 Å². The third kappa shape index (κ3) is 3.97. The van der Waals surface area contributed by atoms with Crippen molar-refractivity contribution in [1.29, 1.82) is 0 Å². The molecule has 0 aromatic heterocycles. The van der Waals surface area contributed by atoms with Crippen molar-refractivity contribution in [2.24, 2.45) is 0 Å². The fourth-order valence-corrected chi connectivity index (χ4v) is 3.19. The number of aryl methyl sites for hydroxylation is 1. The van der Waals surface area contributed by atoms with E-state index < -0.39 is 15.1 Å². The Bertz CT molecular complexity index is 503. The van der Waals surface area contributed by atoms with Crippen molar-refractivity contribution >= 4 is 15.6 Å². The van der Waals surface area contributed by atoms with E-state index in [0.29, 0.717) is 0 Å². The second-order valence-electron chi connectivity index (χ2n) is 4.45. The molecule has 1 rings (SSSR count). The summed E-state index contributed by atoms with van der Waals surface area (Å²) in [5, 5.41) is -0.611. The lowest BCUT2D eigenvalue weighted by molar-refractivity contribution is -0.116. The predicted octanol–water partition coefficient (Wildman–Crippen LogP) is 2.28. The Hall–Kier alpha value is -1.16. The predicted molar refractivity (Wildman–Crippen MR) is 68.6 cm³/mol. The largest absolute Gasteiger partial charge is 0.300 e. The average Bonchev–Trinajstić information content (AvgIpc) is 2.20. The van der Waals surface area contributed by atoms with E-state index in [9.17, 15) is 13.2 Å². The van der Waals surface area contributed by atoms with E-state index in [1.165, 1.54) is 6.92 Å². The van der Waals surface area contributed by atoms with Gasteiger partial charge in [-0.05, 0) is 31.9 Å². The number of ketones is 1. The molecular formula is C13H18O3S. The molecule has 1 unspecified atom stereocenters. The van der Waals surface area contributed by atoms with Crippen molar-refractivity contribution in [3.8, 4) is 0 Å². The Morgan fingerprint density at radius 2 is 1.88 bits per heavy atom. The van der Waals surface area contributed by atoms with Crippen LogP contribution in [-0.4, -0.2) is 19.5 Å². The van der Waals surface area contributed by atoms with Crippen LogP contribution in [-0.2, 0) is 20.4 Å². The normalized spacial score (nSPS) is 13.4. The molecule has 0 amide bonds. The van der Waals surface area contributed by atoms with Gasteiger partial charge in [0.1, 0.15) is 5.78 Å². The van der Waals surface area contributed by atoms with E-state index in [1.807, 2.05) is 31.2 Å². The molecule has 1 aromatic carbocycles. The number of hydrogen-bond donors (Lipinski definition) is 0. The number of carbonyl (C=O) groups is 1. The van der Waals surface area contributed by atoms with Gasteiger partial charge in [-0.25, -0.2) is 8.42 Å². The summed E-state index contributed by atoms with van der Waals surface area (Å²) in [7, 11) is -3.25. The maximum Gasteiger partial charge on any atom is 0.157 e. The van der Waals surface area contributed by atoms with Crippen molar-refractivity contribution in [2.45, 2.75) is 38.2 Å². The smallest absolute Gasteiger partial charge is 0.157 e. The van der Waals surface area contributed by atoms with Crippen molar-refractivity contribution in [1.82, 2.24) is 0 Å². The lowest BCUT2D eigenvalue weighted by atomic mass is 10.1. The van der Waals surface area contributed by atoms with Gasteiger partial charge in [0.15, 0.2) is 9.84 Å². The van der Waals surface area contributed by atoms with E-state index in [-0.39, 0.29) is 18.0 Å². The van der Waals surface area contributed by atoms with Crippen LogP contribution >= 0.6 is 0 Å². The Morgan fingerprint density at radius 3 is 2.41 bits per heavy atom. The molecule has 17 heavy (non-hydrogen) atoms. The number of sulfone groups is 1. The maximum atomic E-state index is 12.0. The third-order valence-electron chi connectivity index (χ3n) is 2.81. The molecule has 0 N–H and O–H groups in total. The van der Waals surface area contributed by atoms with Crippen LogP contribution in [0.15, 0.2) is 24.3 Å². The molecule has 0 aliphatic heterocycles. The van der Waals surface area contributed by atoms with Crippen molar-refractivity contribution in [2.75, 3.05) is 0 Å². The zero-order valence-corrected chi connectivity index (χ0v) is 11.3. The Morgan fingerprint density at radius 1 is 1.29 bits per heavy atom. The molecule has 0 spiro atoms. The molecule has 94 valence electrons. The van der Waals surface area contributed by atoms with Gasteiger partial charge in [0.05, 0.1) is 11.0 Å². The second kappa shape index (κ2) is 5.45. The number of carbonyl (C=O) groups excluding carboxylic acids is 1. The lowest BCUT2D eigenvalue weighted by Crippen LogP contribution is -2.22. The standard InChI is InChI=1S/C13H18O3S/c1-10-6-4-5-7-13(10)9-17(15,16)12(3)8-11(2)14/h4-7,12H,8-9H2,1-3H3. The number of Topliss-reactive ketones (excluding diaryl/α,β-unsaturated/α-hetero) is 1. The van der Waals surface area contributed by atoms with Crippen LogP contribution in [0.2, 0.25) is 0 Å². The quantitative estimate of drug-likeness (QED) is 0.810. The van der Waals surface area contributed by atoms with Crippen LogP contribution in [0.4, 0.5) is 0 Å². The van der Waals surface area contributed by atoms with Crippen LogP contribution in [0, 0.1) is 6.92 Å². The first-order valence-electron chi connectivity index (χ1n) is 5.58. The molecular weight excluding hydrogens is 236 g/mol. The molecule has 0 fully saturated rings. The molecule has 1 aromatic rings. The lowest BCUT2D eigenvalue weighted by Gasteiger charge is -2.12. The molecule has 0 heterocycles. The molecule has 0 bridgehead atoms. The minimum absolute atomic E-state index is 0.00806. The summed E-state index contributed by atoms with van der Waals surface area (Å²) >= 11 is 0. The molecule has 0 saturated carbocycles. The van der Waals surface area contributed by atoms with Crippen molar-refractivity contribution in [3.05, 3.63) is 35.4 Å².